The third-order valence-electron chi connectivity index (χ3n) is 3.94. The maximum Gasteiger partial charge on any atom is 0.336 e. The first-order valence-corrected chi connectivity index (χ1v) is 10.5. The van der Waals surface area contributed by atoms with E-state index in [2.05, 4.69) is 15.5 Å². The molecule has 28 heavy (non-hydrogen) atoms. The predicted octanol–water partition coefficient (Wildman–Crippen LogP) is 4.91. The van der Waals surface area contributed by atoms with Gasteiger partial charge in [-0.2, -0.15) is 0 Å². The third kappa shape index (κ3) is 4.30. The Bertz CT molecular complexity index is 1180. The van der Waals surface area contributed by atoms with Crippen molar-refractivity contribution in [2.24, 2.45) is 0 Å². The van der Waals surface area contributed by atoms with Crippen LogP contribution in [-0.2, 0) is 12.3 Å². The minimum absolute atomic E-state index is 0.125. The standard InChI is InChI=1S/C19H14ClN3O3S2/c20-14-7-13-12(6-17(25)26-16(13)8-15(14)24)10-27-19-23-22-18(28-19)21-9-11-4-2-1-3-5-11/h1-8,24H,9-10H2,(H,21,22). The number of nitrogens with zero attached hydrogens (tertiary/aromatic N) is 2. The number of anilines is 1. The van der Waals surface area contributed by atoms with Gasteiger partial charge in [0.15, 0.2) is 4.34 Å². The molecule has 4 rings (SSSR count). The zero-order valence-corrected chi connectivity index (χ0v) is 16.8. The summed E-state index contributed by atoms with van der Waals surface area (Å²) in [5, 5.41) is 22.9. The van der Waals surface area contributed by atoms with Crippen LogP contribution < -0.4 is 10.9 Å². The molecule has 0 atom stereocenters. The van der Waals surface area contributed by atoms with Crippen LogP contribution in [-0.4, -0.2) is 15.3 Å². The van der Waals surface area contributed by atoms with E-state index in [1.54, 1.807) is 6.07 Å². The quantitative estimate of drug-likeness (QED) is 0.331. The summed E-state index contributed by atoms with van der Waals surface area (Å²) < 4.78 is 5.93. The summed E-state index contributed by atoms with van der Waals surface area (Å²) in [6, 6.07) is 14.4. The van der Waals surface area contributed by atoms with Crippen LogP contribution in [0.3, 0.4) is 0 Å². The van der Waals surface area contributed by atoms with E-state index in [1.807, 2.05) is 30.3 Å². The van der Waals surface area contributed by atoms with E-state index >= 15 is 0 Å². The Kier molecular flexibility index (Phi) is 5.52. The van der Waals surface area contributed by atoms with E-state index in [-0.39, 0.29) is 10.8 Å². The number of nitrogens with one attached hydrogen (secondary N) is 1. The van der Waals surface area contributed by atoms with Crippen LogP contribution in [0.1, 0.15) is 11.1 Å². The molecule has 0 spiro atoms. The molecule has 9 heteroatoms. The van der Waals surface area contributed by atoms with Crippen LogP contribution >= 0.6 is 34.7 Å². The van der Waals surface area contributed by atoms with Crippen molar-refractivity contribution >= 4 is 50.8 Å². The lowest BCUT2D eigenvalue weighted by Gasteiger charge is -2.05. The van der Waals surface area contributed by atoms with Gasteiger partial charge in [-0.15, -0.1) is 10.2 Å². The van der Waals surface area contributed by atoms with Gasteiger partial charge in [0.2, 0.25) is 5.13 Å². The van der Waals surface area contributed by atoms with Crippen molar-refractivity contribution in [2.45, 2.75) is 16.6 Å². The number of aromatic hydroxyl groups is 1. The second-order valence-corrected chi connectivity index (χ2v) is 8.50. The molecule has 142 valence electrons. The smallest absolute Gasteiger partial charge is 0.336 e. The average molecular weight is 432 g/mol. The maximum absolute atomic E-state index is 11.8. The summed E-state index contributed by atoms with van der Waals surface area (Å²) in [6.07, 6.45) is 0. The van der Waals surface area contributed by atoms with Crippen LogP contribution in [0, 0.1) is 0 Å². The number of fused-ring (bicyclic) bond motifs is 1. The lowest BCUT2D eigenvalue weighted by molar-refractivity contribution is 0.473. The molecular weight excluding hydrogens is 418 g/mol. The van der Waals surface area contributed by atoms with E-state index in [4.69, 9.17) is 16.0 Å². The molecule has 6 nitrogen and oxygen atoms in total. The summed E-state index contributed by atoms with van der Waals surface area (Å²) in [4.78, 5) is 11.8. The number of halogens is 1. The fourth-order valence-electron chi connectivity index (χ4n) is 2.61. The molecule has 2 aromatic carbocycles. The topological polar surface area (TPSA) is 88.2 Å². The summed E-state index contributed by atoms with van der Waals surface area (Å²) in [5.41, 5.74) is 1.74. The minimum Gasteiger partial charge on any atom is -0.506 e. The normalized spacial score (nSPS) is 11.0. The average Bonchev–Trinajstić information content (AvgIpc) is 3.14. The molecule has 0 fully saturated rings. The summed E-state index contributed by atoms with van der Waals surface area (Å²) in [5.74, 6) is 0.372. The molecule has 2 heterocycles. The SMILES string of the molecule is O=c1cc(CSc2nnc(NCc3ccccc3)s2)c2cc(Cl)c(O)cc2o1. The first-order chi connectivity index (χ1) is 13.6. The highest BCUT2D eigenvalue weighted by Crippen LogP contribution is 2.33. The Balaban J connectivity index is 1.47. The minimum atomic E-state index is -0.479. The number of hydrogen-bond donors (Lipinski definition) is 2. The van der Waals surface area contributed by atoms with Crippen LogP contribution in [0.2, 0.25) is 5.02 Å². The summed E-state index contributed by atoms with van der Waals surface area (Å²) in [6.45, 7) is 0.673. The second kappa shape index (κ2) is 8.22. The molecule has 0 amide bonds. The monoisotopic (exact) mass is 431 g/mol. The molecule has 4 aromatic rings. The van der Waals surface area contributed by atoms with Crippen molar-refractivity contribution in [1.82, 2.24) is 10.2 Å². The molecule has 2 N–H and O–H groups in total. The number of phenolic OH excluding ortho intramolecular Hbond substituents is 1. The highest BCUT2D eigenvalue weighted by atomic mass is 35.5. The number of aromatic nitrogens is 2. The zero-order chi connectivity index (χ0) is 19.5. The molecule has 0 aliphatic carbocycles. The van der Waals surface area contributed by atoms with Gasteiger partial charge in [-0.25, -0.2) is 4.79 Å². The van der Waals surface area contributed by atoms with Gasteiger partial charge in [0.25, 0.3) is 0 Å². The number of hydrogen-bond acceptors (Lipinski definition) is 8. The molecule has 0 bridgehead atoms. The van der Waals surface area contributed by atoms with Gasteiger partial charge in [0.05, 0.1) is 5.02 Å². The van der Waals surface area contributed by atoms with Crippen LogP contribution in [0.15, 0.2) is 62.1 Å². The van der Waals surface area contributed by atoms with E-state index in [9.17, 15) is 9.90 Å². The lowest BCUT2D eigenvalue weighted by Crippen LogP contribution is -1.99. The first-order valence-electron chi connectivity index (χ1n) is 8.28. The zero-order valence-electron chi connectivity index (χ0n) is 14.4. The number of benzene rings is 2. The molecule has 0 aliphatic rings. The van der Waals surface area contributed by atoms with E-state index in [0.29, 0.717) is 23.3 Å². The highest BCUT2D eigenvalue weighted by Gasteiger charge is 2.12. The maximum atomic E-state index is 11.8. The summed E-state index contributed by atoms with van der Waals surface area (Å²) >= 11 is 8.92. The number of thioether (sulfide) groups is 1. The molecule has 0 radical (unpaired) electrons. The van der Waals surface area contributed by atoms with Crippen molar-refractivity contribution in [1.29, 1.82) is 0 Å². The third-order valence-corrected chi connectivity index (χ3v) is 6.31. The van der Waals surface area contributed by atoms with Gasteiger partial charge in [0, 0.05) is 29.8 Å². The van der Waals surface area contributed by atoms with Gasteiger partial charge in [0.1, 0.15) is 11.3 Å². The highest BCUT2D eigenvalue weighted by molar-refractivity contribution is 8.00. The van der Waals surface area contributed by atoms with Gasteiger partial charge in [-0.1, -0.05) is 65.0 Å². The first kappa shape index (κ1) is 18.8. The molecular formula is C19H14ClN3O3S2. The number of rotatable bonds is 6. The molecule has 0 aliphatic heterocycles. The fraction of sp³-hybridized carbons (Fsp3) is 0.105. The Morgan fingerprint density at radius 2 is 2.00 bits per heavy atom. The van der Waals surface area contributed by atoms with Crippen LogP contribution in [0.25, 0.3) is 11.0 Å². The Morgan fingerprint density at radius 1 is 1.18 bits per heavy atom. The lowest BCUT2D eigenvalue weighted by atomic mass is 10.1. The van der Waals surface area contributed by atoms with Crippen molar-refractivity contribution in [2.75, 3.05) is 5.32 Å². The van der Waals surface area contributed by atoms with E-state index < -0.39 is 5.63 Å². The van der Waals surface area contributed by atoms with Gasteiger partial charge >= 0.3 is 5.63 Å². The predicted molar refractivity (Wildman–Crippen MR) is 112 cm³/mol. The molecule has 0 saturated carbocycles. The molecule has 2 aromatic heterocycles. The van der Waals surface area contributed by atoms with Crippen molar-refractivity contribution < 1.29 is 9.52 Å². The van der Waals surface area contributed by atoms with Crippen LogP contribution in [0.4, 0.5) is 5.13 Å². The summed E-state index contributed by atoms with van der Waals surface area (Å²) in [7, 11) is 0. The molecule has 0 saturated heterocycles. The van der Waals surface area contributed by atoms with Crippen LogP contribution in [0.5, 0.6) is 5.75 Å². The Hall–Kier alpha value is -2.55. The van der Waals surface area contributed by atoms with Crippen molar-refractivity contribution in [3.63, 3.8) is 0 Å². The van der Waals surface area contributed by atoms with E-state index in [1.165, 1.54) is 35.2 Å². The van der Waals surface area contributed by atoms with E-state index in [0.717, 1.165) is 20.6 Å². The fourth-order valence-corrected chi connectivity index (χ4v) is 4.51. The van der Waals surface area contributed by atoms with Gasteiger partial charge < -0.3 is 14.8 Å². The van der Waals surface area contributed by atoms with Gasteiger partial charge in [-0.05, 0) is 17.2 Å². The Labute approximate surface area is 173 Å². The van der Waals surface area contributed by atoms with Crippen molar-refractivity contribution in [3.05, 3.63) is 75.1 Å². The largest absolute Gasteiger partial charge is 0.506 e. The number of phenols is 1. The Morgan fingerprint density at radius 3 is 2.82 bits per heavy atom. The molecule has 0 unspecified atom stereocenters. The second-order valence-electron chi connectivity index (χ2n) is 5.89. The van der Waals surface area contributed by atoms with Crippen molar-refractivity contribution in [3.8, 4) is 5.75 Å². The van der Waals surface area contributed by atoms with Gasteiger partial charge in [-0.3, -0.25) is 0 Å².